The van der Waals surface area contributed by atoms with Crippen molar-refractivity contribution in [1.82, 2.24) is 9.80 Å². The van der Waals surface area contributed by atoms with Gasteiger partial charge in [0, 0.05) is 61.0 Å². The van der Waals surface area contributed by atoms with Crippen LogP contribution in [0, 0.1) is 12.7 Å². The Kier molecular flexibility index (Phi) is 4.57. The van der Waals surface area contributed by atoms with E-state index in [1.54, 1.807) is 6.07 Å². The van der Waals surface area contributed by atoms with E-state index in [9.17, 15) is 4.39 Å². The van der Waals surface area contributed by atoms with Crippen molar-refractivity contribution in [2.75, 3.05) is 26.2 Å². The minimum absolute atomic E-state index is 0.167. The molecule has 24 heavy (non-hydrogen) atoms. The van der Waals surface area contributed by atoms with Gasteiger partial charge in [0.05, 0.1) is 0 Å². The highest BCUT2D eigenvalue weighted by Gasteiger charge is 2.37. The number of ether oxygens (including phenoxy) is 1. The van der Waals surface area contributed by atoms with E-state index in [1.165, 1.54) is 21.9 Å². The van der Waals surface area contributed by atoms with E-state index < -0.39 is 0 Å². The van der Waals surface area contributed by atoms with Crippen LogP contribution in [0.5, 0.6) is 5.75 Å². The zero-order valence-electron chi connectivity index (χ0n) is 14.0. The van der Waals surface area contributed by atoms with Gasteiger partial charge < -0.3 is 4.74 Å². The van der Waals surface area contributed by atoms with E-state index in [0.717, 1.165) is 39.1 Å². The maximum Gasteiger partial charge on any atom is 0.126 e. The molecule has 2 fully saturated rings. The molecular weight excluding hydrogens is 323 g/mol. The quantitative estimate of drug-likeness (QED) is 0.842. The Morgan fingerprint density at radius 2 is 2.12 bits per heavy atom. The number of rotatable bonds is 4. The van der Waals surface area contributed by atoms with Gasteiger partial charge in [0.1, 0.15) is 17.7 Å². The molecule has 0 spiro atoms. The first-order valence-corrected chi connectivity index (χ1v) is 9.41. The smallest absolute Gasteiger partial charge is 0.126 e. The average Bonchev–Trinajstić information content (AvgIpc) is 3.12. The van der Waals surface area contributed by atoms with Crippen LogP contribution in [0.2, 0.25) is 0 Å². The van der Waals surface area contributed by atoms with E-state index in [2.05, 4.69) is 28.9 Å². The van der Waals surface area contributed by atoms with Crippen molar-refractivity contribution in [1.29, 1.82) is 0 Å². The Balaban J connectivity index is 1.33. The monoisotopic (exact) mass is 346 g/mol. The Morgan fingerprint density at radius 1 is 1.21 bits per heavy atom. The van der Waals surface area contributed by atoms with Gasteiger partial charge in [-0.2, -0.15) is 0 Å². The van der Waals surface area contributed by atoms with Crippen LogP contribution >= 0.6 is 11.3 Å². The van der Waals surface area contributed by atoms with Gasteiger partial charge in [-0.1, -0.05) is 6.07 Å². The summed E-state index contributed by atoms with van der Waals surface area (Å²) >= 11 is 1.89. The van der Waals surface area contributed by atoms with E-state index >= 15 is 0 Å². The highest BCUT2D eigenvalue weighted by molar-refractivity contribution is 7.11. The van der Waals surface area contributed by atoms with Crippen LogP contribution < -0.4 is 4.74 Å². The standard InChI is InChI=1S/C19H23FN2OS/c1-14-5-6-19(24-14)13-21-7-8-22-12-18(10-16(22)11-21)23-17-4-2-3-15(20)9-17/h2-6,9,16,18H,7-8,10-13H2,1H3. The lowest BCUT2D eigenvalue weighted by atomic mass is 10.1. The molecule has 2 saturated heterocycles. The molecule has 5 heteroatoms. The molecule has 2 atom stereocenters. The lowest BCUT2D eigenvalue weighted by Gasteiger charge is -2.36. The van der Waals surface area contributed by atoms with Crippen LogP contribution in [0.4, 0.5) is 4.39 Å². The normalized spacial score (nSPS) is 24.9. The molecular formula is C19H23FN2OS. The molecule has 0 radical (unpaired) electrons. The number of piperazine rings is 1. The largest absolute Gasteiger partial charge is 0.489 e. The third-order valence-electron chi connectivity index (χ3n) is 4.94. The summed E-state index contributed by atoms with van der Waals surface area (Å²) in [6, 6.07) is 11.5. The molecule has 128 valence electrons. The highest BCUT2D eigenvalue weighted by atomic mass is 32.1. The molecule has 0 saturated carbocycles. The summed E-state index contributed by atoms with van der Waals surface area (Å²) in [4.78, 5) is 7.91. The zero-order chi connectivity index (χ0) is 16.5. The van der Waals surface area contributed by atoms with Crippen molar-refractivity contribution < 1.29 is 9.13 Å². The predicted octanol–water partition coefficient (Wildman–Crippen LogP) is 3.53. The highest BCUT2D eigenvalue weighted by Crippen LogP contribution is 2.27. The number of hydrogen-bond donors (Lipinski definition) is 0. The zero-order valence-corrected chi connectivity index (χ0v) is 14.8. The lowest BCUT2D eigenvalue weighted by molar-refractivity contribution is 0.0985. The van der Waals surface area contributed by atoms with E-state index in [4.69, 9.17) is 4.74 Å². The van der Waals surface area contributed by atoms with Crippen molar-refractivity contribution in [3.05, 3.63) is 52.0 Å². The Labute approximate surface area is 146 Å². The Morgan fingerprint density at radius 3 is 2.92 bits per heavy atom. The number of nitrogens with zero attached hydrogens (tertiary/aromatic N) is 2. The number of aryl methyl sites for hydroxylation is 1. The molecule has 2 aromatic rings. The summed E-state index contributed by atoms with van der Waals surface area (Å²) in [5, 5.41) is 0. The van der Waals surface area contributed by atoms with Gasteiger partial charge in [0.2, 0.25) is 0 Å². The third kappa shape index (κ3) is 3.63. The minimum atomic E-state index is -0.236. The van der Waals surface area contributed by atoms with Gasteiger partial charge in [-0.3, -0.25) is 9.80 Å². The Bertz CT molecular complexity index is 704. The van der Waals surface area contributed by atoms with Crippen LogP contribution in [-0.2, 0) is 6.54 Å². The van der Waals surface area contributed by atoms with Crippen molar-refractivity contribution in [3.63, 3.8) is 0 Å². The molecule has 1 aromatic heterocycles. The molecule has 0 aliphatic carbocycles. The lowest BCUT2D eigenvalue weighted by Crippen LogP contribution is -2.49. The maximum absolute atomic E-state index is 13.3. The molecule has 4 rings (SSSR count). The number of benzene rings is 1. The summed E-state index contributed by atoms with van der Waals surface area (Å²) < 4.78 is 19.3. The van der Waals surface area contributed by atoms with Crippen LogP contribution in [0.15, 0.2) is 36.4 Å². The number of hydrogen-bond acceptors (Lipinski definition) is 4. The first-order chi connectivity index (χ1) is 11.7. The fourth-order valence-electron chi connectivity index (χ4n) is 3.81. The first-order valence-electron chi connectivity index (χ1n) is 8.59. The second kappa shape index (κ2) is 6.82. The van der Waals surface area contributed by atoms with Gasteiger partial charge in [0.15, 0.2) is 0 Å². The first kappa shape index (κ1) is 16.1. The molecule has 3 heterocycles. The molecule has 2 unspecified atom stereocenters. The van der Waals surface area contributed by atoms with E-state index in [0.29, 0.717) is 11.8 Å². The topological polar surface area (TPSA) is 15.7 Å². The SMILES string of the molecule is Cc1ccc(CN2CCN3CC(Oc4cccc(F)c4)CC3C2)s1. The molecule has 3 nitrogen and oxygen atoms in total. The summed E-state index contributed by atoms with van der Waals surface area (Å²) in [6.45, 7) is 7.47. The van der Waals surface area contributed by atoms with Gasteiger partial charge >= 0.3 is 0 Å². The second-order valence-corrected chi connectivity index (χ2v) is 8.20. The summed E-state index contributed by atoms with van der Waals surface area (Å²) in [5.41, 5.74) is 0. The number of fused-ring (bicyclic) bond motifs is 1. The van der Waals surface area contributed by atoms with Crippen molar-refractivity contribution in [2.24, 2.45) is 0 Å². The van der Waals surface area contributed by atoms with Gasteiger partial charge in [-0.25, -0.2) is 4.39 Å². The van der Waals surface area contributed by atoms with Gasteiger partial charge in [-0.05, 0) is 31.2 Å². The summed E-state index contributed by atoms with van der Waals surface area (Å²) in [5.74, 6) is 0.409. The Hall–Kier alpha value is -1.43. The minimum Gasteiger partial charge on any atom is -0.489 e. The number of halogens is 1. The van der Waals surface area contributed by atoms with Crippen LogP contribution in [0.1, 0.15) is 16.2 Å². The maximum atomic E-state index is 13.3. The molecule has 0 amide bonds. The van der Waals surface area contributed by atoms with E-state index in [-0.39, 0.29) is 11.9 Å². The van der Waals surface area contributed by atoms with E-state index in [1.807, 2.05) is 17.4 Å². The van der Waals surface area contributed by atoms with Crippen LogP contribution in [-0.4, -0.2) is 48.1 Å². The van der Waals surface area contributed by atoms with Crippen LogP contribution in [0.25, 0.3) is 0 Å². The van der Waals surface area contributed by atoms with Crippen molar-refractivity contribution in [3.8, 4) is 5.75 Å². The fraction of sp³-hybridized carbons (Fsp3) is 0.474. The molecule has 0 bridgehead atoms. The van der Waals surface area contributed by atoms with Crippen molar-refractivity contribution >= 4 is 11.3 Å². The average molecular weight is 346 g/mol. The summed E-state index contributed by atoms with van der Waals surface area (Å²) in [6.07, 6.45) is 1.19. The van der Waals surface area contributed by atoms with Crippen LogP contribution in [0.3, 0.4) is 0 Å². The predicted molar refractivity (Wildman–Crippen MR) is 95.1 cm³/mol. The number of thiophene rings is 1. The fourth-order valence-corrected chi connectivity index (χ4v) is 4.75. The van der Waals surface area contributed by atoms with Crippen molar-refractivity contribution in [2.45, 2.75) is 32.0 Å². The molecule has 2 aliphatic heterocycles. The van der Waals surface area contributed by atoms with Gasteiger partial charge in [0.25, 0.3) is 0 Å². The van der Waals surface area contributed by atoms with Gasteiger partial charge in [-0.15, -0.1) is 11.3 Å². The molecule has 1 aromatic carbocycles. The molecule has 2 aliphatic rings. The second-order valence-electron chi connectivity index (χ2n) is 6.83. The summed E-state index contributed by atoms with van der Waals surface area (Å²) in [7, 11) is 0. The molecule has 0 N–H and O–H groups in total. The third-order valence-corrected chi connectivity index (χ3v) is 5.92.